The van der Waals surface area contributed by atoms with E-state index in [-0.39, 0.29) is 5.91 Å². The van der Waals surface area contributed by atoms with Crippen LogP contribution in [0.4, 0.5) is 0 Å². The summed E-state index contributed by atoms with van der Waals surface area (Å²) in [6.07, 6.45) is 20.5. The summed E-state index contributed by atoms with van der Waals surface area (Å²) >= 11 is 0. The molecule has 4 heteroatoms. The first-order valence-corrected chi connectivity index (χ1v) is 11.9. The number of aliphatic imine (C=N–C) groups is 1. The number of unbranched alkanes of at least 4 members (excludes halogenated alkanes) is 9. The summed E-state index contributed by atoms with van der Waals surface area (Å²) in [4.78, 5) is 16.0. The van der Waals surface area contributed by atoms with Gasteiger partial charge in [-0.05, 0) is 32.6 Å². The minimum absolute atomic E-state index is 0.0693. The number of allylic oxidation sites excluding steroid dienone is 2. The fourth-order valence-corrected chi connectivity index (χ4v) is 4.16. The maximum atomic E-state index is 11.1. The van der Waals surface area contributed by atoms with Crippen LogP contribution in [-0.2, 0) is 4.79 Å². The molecular weight excluding hydrogens is 346 g/mol. The van der Waals surface area contributed by atoms with E-state index < -0.39 is 0 Å². The van der Waals surface area contributed by atoms with Gasteiger partial charge in [0.2, 0.25) is 5.91 Å². The maximum absolute atomic E-state index is 11.1. The molecule has 0 fully saturated rings. The number of nitrogens with zero attached hydrogens (tertiary/aromatic N) is 2. The highest BCUT2D eigenvalue weighted by Crippen LogP contribution is 2.20. The number of carbonyl (C=O) groups excluding carboxylic acids is 1. The average molecular weight is 393 g/mol. The number of rotatable bonds is 17. The second-order valence-corrected chi connectivity index (χ2v) is 8.32. The fourth-order valence-electron chi connectivity index (χ4n) is 4.16. The van der Waals surface area contributed by atoms with E-state index in [1.54, 1.807) is 6.92 Å². The maximum Gasteiger partial charge on any atom is 0.217 e. The molecule has 0 saturated heterocycles. The molecule has 1 rings (SSSR count). The highest BCUT2D eigenvalue weighted by molar-refractivity contribution is 5.77. The molecular formula is C24H46N3O+. The zero-order valence-corrected chi connectivity index (χ0v) is 19.0. The number of hydrogen-bond acceptors (Lipinski definition) is 2. The smallest absolute Gasteiger partial charge is 0.217 e. The third kappa shape index (κ3) is 10.4. The highest BCUT2D eigenvalue weighted by Gasteiger charge is 2.35. The Hall–Kier alpha value is -1.16. The van der Waals surface area contributed by atoms with Gasteiger partial charge in [0.15, 0.2) is 5.84 Å². The van der Waals surface area contributed by atoms with Crippen LogP contribution in [-0.4, -0.2) is 48.9 Å². The molecule has 1 aliphatic rings. The van der Waals surface area contributed by atoms with Crippen LogP contribution in [0, 0.1) is 0 Å². The summed E-state index contributed by atoms with van der Waals surface area (Å²) in [5.41, 5.74) is 0. The van der Waals surface area contributed by atoms with Crippen LogP contribution in [0.15, 0.2) is 17.1 Å². The Bertz CT molecular complexity index is 472. The third-order valence-electron chi connectivity index (χ3n) is 6.03. The summed E-state index contributed by atoms with van der Waals surface area (Å²) in [7, 11) is 0. The minimum atomic E-state index is 0.0693. The van der Waals surface area contributed by atoms with E-state index in [4.69, 9.17) is 4.99 Å². The second kappa shape index (κ2) is 15.7. The molecule has 162 valence electrons. The summed E-state index contributed by atoms with van der Waals surface area (Å²) in [6, 6.07) is 0. The normalized spacial score (nSPS) is 19.3. The second-order valence-electron chi connectivity index (χ2n) is 8.32. The van der Waals surface area contributed by atoms with E-state index in [2.05, 4.69) is 31.3 Å². The van der Waals surface area contributed by atoms with E-state index in [0.717, 1.165) is 43.6 Å². The van der Waals surface area contributed by atoms with Crippen molar-refractivity contribution in [2.24, 2.45) is 4.99 Å². The van der Waals surface area contributed by atoms with Gasteiger partial charge in [-0.3, -0.25) is 9.28 Å². The Balaban J connectivity index is 2.06. The van der Waals surface area contributed by atoms with Crippen LogP contribution in [0.1, 0.15) is 97.8 Å². The molecule has 0 aromatic heterocycles. The number of quaternary nitrogens is 1. The summed E-state index contributed by atoms with van der Waals surface area (Å²) in [6.45, 7) is 11.0. The molecule has 1 unspecified atom stereocenters. The first-order chi connectivity index (χ1) is 13.6. The van der Waals surface area contributed by atoms with Crippen LogP contribution in [0.2, 0.25) is 0 Å². The third-order valence-corrected chi connectivity index (χ3v) is 6.03. The summed E-state index contributed by atoms with van der Waals surface area (Å²) in [5, 5.41) is 2.96. The lowest BCUT2D eigenvalue weighted by Crippen LogP contribution is -2.54. The summed E-state index contributed by atoms with van der Waals surface area (Å²) in [5.74, 6) is 1.45. The van der Waals surface area contributed by atoms with E-state index in [9.17, 15) is 4.79 Å². The predicted molar refractivity (Wildman–Crippen MR) is 122 cm³/mol. The zero-order chi connectivity index (χ0) is 20.5. The Morgan fingerprint density at radius 2 is 1.64 bits per heavy atom. The Kier molecular flexibility index (Phi) is 14.0. The molecule has 0 bridgehead atoms. The topological polar surface area (TPSA) is 41.5 Å². The molecule has 1 aliphatic heterocycles. The first kappa shape index (κ1) is 24.9. The van der Waals surface area contributed by atoms with E-state index in [1.807, 2.05) is 0 Å². The monoisotopic (exact) mass is 392 g/mol. The molecule has 0 spiro atoms. The van der Waals surface area contributed by atoms with Gasteiger partial charge in [0.1, 0.15) is 13.1 Å². The van der Waals surface area contributed by atoms with Crippen molar-refractivity contribution in [3.05, 3.63) is 12.2 Å². The van der Waals surface area contributed by atoms with Gasteiger partial charge in [0.25, 0.3) is 0 Å². The van der Waals surface area contributed by atoms with Crippen molar-refractivity contribution in [2.75, 3.05) is 32.7 Å². The number of likely N-dealkylation sites (N-methyl/N-ethyl adjacent to an activating group) is 1. The number of nitrogens with one attached hydrogen (secondary N) is 1. The Labute approximate surface area is 174 Å². The van der Waals surface area contributed by atoms with Crippen molar-refractivity contribution in [2.45, 2.75) is 97.8 Å². The van der Waals surface area contributed by atoms with Crippen molar-refractivity contribution in [3.63, 3.8) is 0 Å². The van der Waals surface area contributed by atoms with Crippen molar-refractivity contribution in [1.82, 2.24) is 5.32 Å². The van der Waals surface area contributed by atoms with Gasteiger partial charge < -0.3 is 5.32 Å². The Morgan fingerprint density at radius 3 is 2.29 bits per heavy atom. The van der Waals surface area contributed by atoms with Gasteiger partial charge in [-0.2, -0.15) is 0 Å². The van der Waals surface area contributed by atoms with Gasteiger partial charge >= 0.3 is 0 Å². The van der Waals surface area contributed by atoms with E-state index in [0.29, 0.717) is 0 Å². The fraction of sp³-hybridized carbons (Fsp3) is 0.833. The van der Waals surface area contributed by atoms with Crippen LogP contribution >= 0.6 is 0 Å². The number of amidine groups is 1. The quantitative estimate of drug-likeness (QED) is 0.195. The van der Waals surface area contributed by atoms with Crippen molar-refractivity contribution in [3.8, 4) is 0 Å². The molecule has 1 amide bonds. The highest BCUT2D eigenvalue weighted by atomic mass is 16.1. The first-order valence-electron chi connectivity index (χ1n) is 11.9. The number of carbonyl (C=O) groups is 1. The molecule has 0 aromatic rings. The van der Waals surface area contributed by atoms with E-state index >= 15 is 0 Å². The molecule has 0 radical (unpaired) electrons. The average Bonchev–Trinajstić information content (AvgIpc) is 3.08. The number of amides is 1. The molecule has 4 nitrogen and oxygen atoms in total. The zero-order valence-electron chi connectivity index (χ0n) is 19.0. The largest absolute Gasteiger partial charge is 0.351 e. The molecule has 1 atom stereocenters. The predicted octanol–water partition coefficient (Wildman–Crippen LogP) is 5.63. The van der Waals surface area contributed by atoms with E-state index in [1.165, 1.54) is 76.5 Å². The molecule has 1 heterocycles. The molecule has 1 N–H and O–H groups in total. The van der Waals surface area contributed by atoms with Gasteiger partial charge in [-0.1, -0.05) is 64.0 Å². The minimum Gasteiger partial charge on any atom is -0.351 e. The van der Waals surface area contributed by atoms with Crippen LogP contribution in [0.25, 0.3) is 0 Å². The SMILES string of the molecule is CCC/C=C/CCCCCCCCCCC1=NCC[N+]1(CC)CCNC(C)=O. The van der Waals surface area contributed by atoms with Gasteiger partial charge in [-0.25, -0.2) is 4.99 Å². The van der Waals surface area contributed by atoms with Crippen LogP contribution in [0.3, 0.4) is 0 Å². The standard InChI is InChI=1S/C24H45N3O/c1-4-6-7-8-9-10-11-12-13-14-15-16-17-18-24-26-20-22-27(24,5-2)21-19-25-23(3)28/h7-8H,4-6,9-22H2,1-3H3/p+1/b8-7+. The lowest BCUT2D eigenvalue weighted by molar-refractivity contribution is -0.833. The molecule has 28 heavy (non-hydrogen) atoms. The molecule has 0 aromatic carbocycles. The van der Waals surface area contributed by atoms with Crippen LogP contribution in [0.5, 0.6) is 0 Å². The van der Waals surface area contributed by atoms with Crippen molar-refractivity contribution >= 4 is 11.7 Å². The number of hydrogen-bond donors (Lipinski definition) is 1. The van der Waals surface area contributed by atoms with Crippen molar-refractivity contribution in [1.29, 1.82) is 0 Å². The lowest BCUT2D eigenvalue weighted by atomic mass is 10.1. The van der Waals surface area contributed by atoms with Crippen LogP contribution < -0.4 is 5.32 Å². The molecule has 0 saturated carbocycles. The summed E-state index contributed by atoms with van der Waals surface area (Å²) < 4.78 is 0.993. The van der Waals surface area contributed by atoms with Gasteiger partial charge in [0.05, 0.1) is 19.6 Å². The lowest BCUT2D eigenvalue weighted by Gasteiger charge is -2.33. The van der Waals surface area contributed by atoms with Gasteiger partial charge in [0, 0.05) is 13.3 Å². The van der Waals surface area contributed by atoms with Gasteiger partial charge in [-0.15, -0.1) is 0 Å². The van der Waals surface area contributed by atoms with Crippen molar-refractivity contribution < 1.29 is 9.28 Å². The Morgan fingerprint density at radius 1 is 1.00 bits per heavy atom. The molecule has 0 aliphatic carbocycles.